The second-order valence-corrected chi connectivity index (χ2v) is 54.4. The average molecular weight is 2120 g/mol. The van der Waals surface area contributed by atoms with Gasteiger partial charge in [-0.2, -0.15) is 0 Å². The third kappa shape index (κ3) is 23.9. The molecule has 0 unspecified atom stereocenters. The number of pyridine rings is 4. The summed E-state index contributed by atoms with van der Waals surface area (Å²) in [6, 6.07) is 21.1. The van der Waals surface area contributed by atoms with Crippen LogP contribution >= 0.6 is 23.2 Å². The van der Waals surface area contributed by atoms with E-state index in [0.29, 0.717) is 171 Å². The number of benzene rings is 1. The monoisotopic (exact) mass is 2110 g/mol. The number of carboxylic acid groups (broad SMARTS) is 1. The fourth-order valence-corrected chi connectivity index (χ4v) is 23.8. The Balaban J connectivity index is 0.000000152. The summed E-state index contributed by atoms with van der Waals surface area (Å²) in [6.45, 7) is 54.7. The zero-order valence-corrected chi connectivity index (χ0v) is 94.6. The van der Waals surface area contributed by atoms with Crippen LogP contribution in [0.2, 0.25) is 0 Å². The second-order valence-electron chi connectivity index (χ2n) is 52.8. The number of nitrogens with zero attached hydrogens (tertiary/aromatic N) is 12. The van der Waals surface area contributed by atoms with Crippen molar-refractivity contribution in [2.75, 3.05) is 72.4 Å². The van der Waals surface area contributed by atoms with Crippen molar-refractivity contribution in [3.63, 3.8) is 0 Å². The van der Waals surface area contributed by atoms with Gasteiger partial charge < -0.3 is 67.1 Å². The standard InChI is InChI=1S/C35H51N3O5.C30H41Cl2N3O4.C28H34FN3O3.C25H33F2N3O3/c1-32(2,3)24-19-25(22-9-13-33(4,5)14-10-22)36-26-20-27(43-28(24)26)30(40)38-18-17-37(21-34(38,6)7)29(39)23-11-15-35(8,16-12-23)31(41)42;1-27(2,3)20-13-21(18-7-9-30(31,32)10-8-18)33-22-14-23(39-24(20)22)26(37)35-12-11-34(17-28(35,4)5)25(36)19-15-29(6,38)16-19;1-26(2,3)19-15-20(17-9-11-18(29)12-10-17)30-21-16-22(35-23(19)21)24(33)31-13-14-32(27(4,5)6)25(34)28(31,7)8;1-23(2,3)16-13-17(15-7-9-25(26,27)10-8-15)28-18-14-19(33-20(16)18)21(31)30-12-11-29(6)22(32)24(30,4)5/h19-20,22-23H,9-18,21H2,1-8H3,(H,41,42);13-14,18-19,38H,7-12,15-17H2,1-6H3;9-12,15-16H,13-14H2,1-8H3;13-15H,7-12H2,1-6H3/i;;;6D3. The molecule has 32 heteroatoms. The van der Waals surface area contributed by atoms with Gasteiger partial charge in [0.05, 0.1) is 27.8 Å². The Bertz CT molecular complexity index is 6770. The smallest absolute Gasteiger partial charge is 0.309 e. The molecule has 4 saturated heterocycles. The minimum atomic E-state index is -2.64. The van der Waals surface area contributed by atoms with E-state index in [4.69, 9.17) is 64.9 Å². The van der Waals surface area contributed by atoms with Crippen LogP contribution in [0.25, 0.3) is 55.7 Å². The zero-order valence-electron chi connectivity index (χ0n) is 96.1. The highest BCUT2D eigenvalue weighted by Gasteiger charge is 2.53. The summed E-state index contributed by atoms with van der Waals surface area (Å²) in [5, 5.41) is 19.6. The number of halogens is 5. The van der Waals surface area contributed by atoms with Crippen LogP contribution < -0.4 is 0 Å². The Labute approximate surface area is 896 Å². The van der Waals surface area contributed by atoms with E-state index in [1.807, 2.05) is 112 Å². The van der Waals surface area contributed by atoms with E-state index in [2.05, 4.69) is 88.3 Å². The molecule has 2 N–H and O–H groups in total. The first-order valence-corrected chi connectivity index (χ1v) is 54.4. The fraction of sp³-hybridized carbons (Fsp3) is 0.636. The number of rotatable bonds is 11. The summed E-state index contributed by atoms with van der Waals surface area (Å²) in [4.78, 5) is 152. The van der Waals surface area contributed by atoms with Gasteiger partial charge in [-0.15, -0.1) is 23.2 Å². The average Bonchev–Trinajstić information content (AvgIpc) is 1.71. The molecule has 0 bridgehead atoms. The topological polar surface area (TPSA) is 324 Å². The van der Waals surface area contributed by atoms with Crippen molar-refractivity contribution in [2.45, 2.75) is 385 Å². The van der Waals surface area contributed by atoms with Crippen LogP contribution in [0.1, 0.15) is 406 Å². The number of aliphatic hydroxyl groups is 1. The summed E-state index contributed by atoms with van der Waals surface area (Å²) in [5.41, 5.74) is 6.84. The maximum Gasteiger partial charge on any atom is 0.309 e. The van der Waals surface area contributed by atoms with Crippen LogP contribution in [0.4, 0.5) is 13.2 Å². The van der Waals surface area contributed by atoms with E-state index < -0.39 is 68.2 Å². The van der Waals surface area contributed by atoms with E-state index in [1.165, 1.54) is 49.8 Å². The number of fused-ring (bicyclic) bond motifs is 4. The number of carbonyl (C=O) groups is 9. The van der Waals surface area contributed by atoms with Crippen molar-refractivity contribution in [3.8, 4) is 11.3 Å². The maximum absolute atomic E-state index is 14.0. The molecule has 27 nitrogen and oxygen atoms in total. The number of hydrogen-bond donors (Lipinski definition) is 2. The van der Waals surface area contributed by atoms with Crippen LogP contribution in [0.3, 0.4) is 0 Å². The van der Waals surface area contributed by atoms with Crippen LogP contribution in [-0.4, -0.2) is 239 Å². The number of carbonyl (C=O) groups excluding carboxylic acids is 8. The summed E-state index contributed by atoms with van der Waals surface area (Å²) < 4.78 is 87.9. The Kier molecular flexibility index (Phi) is 29.7. The molecule has 12 heterocycles. The molecule has 0 radical (unpaired) electrons. The SMILES string of the molecule is CC(C)(C)c1cc(-c2ccc(F)cc2)nc2cc(C(=O)N3CCN(C(C)(C)C)C(=O)C3(C)C)oc12.CC1(C)CCC(c2cc(C(C)(C)C)c3oc(C(=O)N4CCN(C(=O)C5CCC(C)(C(=O)O)CC5)CC4(C)C)cc3n2)CC1.CC1(O)CC(C(=O)N2CCN(C(=O)c3cc4nc(C5CCC(Cl)(Cl)CC5)cc(C(C)(C)C)c4o3)C(C)(C)C2)C1.[2H]C([2H])([2H])N1CCN(C(=O)c2cc3nc(C4CCC(F)(F)CC4)cc(C(C)(C)C)c3o2)C(C)(C)C1=O. The molecule has 18 rings (SSSR count). The van der Waals surface area contributed by atoms with Crippen molar-refractivity contribution in [1.82, 2.24) is 59.1 Å². The Morgan fingerprint density at radius 2 is 0.760 bits per heavy atom. The molecule has 816 valence electrons. The first kappa shape index (κ1) is 109. The number of piperazine rings is 4. The van der Waals surface area contributed by atoms with Crippen LogP contribution in [0.15, 0.2) is 90.5 Å². The lowest BCUT2D eigenvalue weighted by atomic mass is 9.71. The van der Waals surface area contributed by atoms with Gasteiger partial charge in [-0.25, -0.2) is 33.1 Å². The first-order valence-electron chi connectivity index (χ1n) is 55.2. The van der Waals surface area contributed by atoms with E-state index in [0.717, 1.165) is 88.1 Å². The number of aromatic nitrogens is 4. The molecule has 150 heavy (non-hydrogen) atoms. The van der Waals surface area contributed by atoms with Crippen LogP contribution in [0.5, 0.6) is 0 Å². The number of amides is 8. The Morgan fingerprint density at radius 1 is 0.420 bits per heavy atom. The summed E-state index contributed by atoms with van der Waals surface area (Å²) in [5.74, 6) is -4.58. The van der Waals surface area contributed by atoms with Gasteiger partial charge in [0.25, 0.3) is 23.6 Å². The van der Waals surface area contributed by atoms with Gasteiger partial charge in [-0.05, 0) is 268 Å². The van der Waals surface area contributed by atoms with Crippen LogP contribution in [0, 0.1) is 28.5 Å². The lowest BCUT2D eigenvalue weighted by molar-refractivity contribution is -0.153. The van der Waals surface area contributed by atoms with E-state index in [1.54, 1.807) is 56.9 Å². The van der Waals surface area contributed by atoms with Gasteiger partial charge in [0, 0.05) is 194 Å². The van der Waals surface area contributed by atoms with Crippen molar-refractivity contribution < 1.29 is 88.3 Å². The van der Waals surface area contributed by atoms with Gasteiger partial charge >= 0.3 is 5.97 Å². The minimum Gasteiger partial charge on any atom is -0.481 e. The molecule has 1 aromatic carbocycles. The molecular weight excluding hydrogens is 1950 g/mol. The molecule has 9 aromatic rings. The van der Waals surface area contributed by atoms with Gasteiger partial charge in [-0.3, -0.25) is 43.2 Å². The number of furan rings is 4. The van der Waals surface area contributed by atoms with Crippen molar-refractivity contribution >= 4 is 121 Å². The second kappa shape index (κ2) is 40.8. The summed E-state index contributed by atoms with van der Waals surface area (Å²) >= 11 is 12.8. The van der Waals surface area contributed by atoms with Gasteiger partial charge in [0.2, 0.25) is 29.6 Å². The lowest BCUT2D eigenvalue weighted by Crippen LogP contribution is -2.67. The molecule has 9 aliphatic rings. The molecule has 8 aromatic heterocycles. The van der Waals surface area contributed by atoms with E-state index in [-0.39, 0.29) is 135 Å². The van der Waals surface area contributed by atoms with Crippen molar-refractivity contribution in [1.29, 1.82) is 0 Å². The molecule has 9 fully saturated rings. The molecule has 5 saturated carbocycles. The fourth-order valence-electron chi connectivity index (χ4n) is 23.3. The highest BCUT2D eigenvalue weighted by molar-refractivity contribution is 6.48. The highest BCUT2D eigenvalue weighted by Crippen LogP contribution is 2.51. The minimum absolute atomic E-state index is 0.00136. The third-order valence-corrected chi connectivity index (χ3v) is 33.9. The normalized spacial score (nSPS) is 23.8. The van der Waals surface area contributed by atoms with Gasteiger partial charge in [0.15, 0.2) is 45.4 Å². The number of hydrogen-bond acceptors (Lipinski definition) is 18. The third-order valence-electron chi connectivity index (χ3n) is 33.1. The number of likely N-dealkylation sites (N-methyl/N-ethyl adjacent to an activating group) is 1. The largest absolute Gasteiger partial charge is 0.481 e. The van der Waals surface area contributed by atoms with E-state index in [9.17, 15) is 66.5 Å². The Hall–Kier alpha value is -10.5. The first-order chi connectivity index (χ1) is 70.4. The predicted molar refractivity (Wildman–Crippen MR) is 577 cm³/mol. The summed E-state index contributed by atoms with van der Waals surface area (Å²) in [6.07, 6.45) is 11.3. The number of aliphatic carboxylic acids is 1. The predicted octanol–water partition coefficient (Wildman–Crippen LogP) is 24.2. The quantitative estimate of drug-likeness (QED) is 0.114. The molecule has 5 aliphatic carbocycles. The van der Waals surface area contributed by atoms with Gasteiger partial charge in [0.1, 0.15) is 43.3 Å². The zero-order chi connectivity index (χ0) is 113. The summed E-state index contributed by atoms with van der Waals surface area (Å²) in [7, 11) is 0. The highest BCUT2D eigenvalue weighted by atomic mass is 35.5. The maximum atomic E-state index is 14.0. The van der Waals surface area contributed by atoms with Crippen LogP contribution in [-0.2, 0) is 45.6 Å². The molecule has 0 spiro atoms. The molecule has 0 atom stereocenters. The van der Waals surface area contributed by atoms with Crippen molar-refractivity contribution in [2.24, 2.45) is 22.7 Å². The number of carboxylic acids is 1. The Morgan fingerprint density at radius 3 is 1.12 bits per heavy atom. The van der Waals surface area contributed by atoms with Crippen molar-refractivity contribution in [3.05, 3.63) is 141 Å². The molecule has 4 aliphatic heterocycles. The molecular formula is C118H159Cl2F3N12O15. The molecule has 8 amide bonds. The number of alkyl halides is 4. The lowest BCUT2D eigenvalue weighted by Gasteiger charge is -2.50. The van der Waals surface area contributed by atoms with E-state index >= 15 is 0 Å². The van der Waals surface area contributed by atoms with Gasteiger partial charge in [-0.1, -0.05) is 96.9 Å².